The highest BCUT2D eigenvalue weighted by atomic mass is 35.5. The Hall–Kier alpha value is -3.72. The summed E-state index contributed by atoms with van der Waals surface area (Å²) in [5, 5.41) is 13.5. The summed E-state index contributed by atoms with van der Waals surface area (Å²) in [6, 6.07) is 8.77. The summed E-state index contributed by atoms with van der Waals surface area (Å²) in [5.74, 6) is -1.39. The molecule has 0 atom stereocenters. The van der Waals surface area contributed by atoms with Crippen LogP contribution in [-0.4, -0.2) is 29.4 Å². The van der Waals surface area contributed by atoms with Crippen molar-refractivity contribution in [3.8, 4) is 5.75 Å². The van der Waals surface area contributed by atoms with Crippen molar-refractivity contribution in [1.29, 1.82) is 0 Å². The van der Waals surface area contributed by atoms with E-state index in [9.17, 15) is 24.5 Å². The highest BCUT2D eigenvalue weighted by Gasteiger charge is 2.37. The lowest BCUT2D eigenvalue weighted by molar-refractivity contribution is -0.384. The monoisotopic (exact) mass is 443 g/mol. The Bertz CT molecular complexity index is 1100. The number of nitrogens with zero attached hydrogens (tertiary/aromatic N) is 2. The third-order valence-electron chi connectivity index (χ3n) is 4.43. The molecule has 0 unspecified atom stereocenters. The Morgan fingerprint density at radius 1 is 1.19 bits per heavy atom. The first-order chi connectivity index (χ1) is 14.8. The zero-order chi connectivity index (χ0) is 22.5. The predicted octanol–water partition coefficient (Wildman–Crippen LogP) is 4.09. The lowest BCUT2D eigenvalue weighted by Gasteiger charge is -2.26. The van der Waals surface area contributed by atoms with Crippen LogP contribution in [0.5, 0.6) is 5.75 Å². The van der Waals surface area contributed by atoms with Gasteiger partial charge in [-0.05, 0) is 36.8 Å². The molecule has 10 heteroatoms. The summed E-state index contributed by atoms with van der Waals surface area (Å²) in [5.41, 5.74) is -0.299. The number of unbranched alkanes of at least 4 members (excludes halogenated alkanes) is 1. The molecule has 9 nitrogen and oxygen atoms in total. The van der Waals surface area contributed by atoms with Crippen LogP contribution >= 0.6 is 11.6 Å². The van der Waals surface area contributed by atoms with Crippen molar-refractivity contribution in [1.82, 2.24) is 5.32 Å². The van der Waals surface area contributed by atoms with Gasteiger partial charge in [-0.25, -0.2) is 9.69 Å². The Morgan fingerprint density at radius 2 is 1.97 bits per heavy atom. The topological polar surface area (TPSA) is 119 Å². The van der Waals surface area contributed by atoms with Crippen molar-refractivity contribution < 1.29 is 24.0 Å². The van der Waals surface area contributed by atoms with E-state index in [1.165, 1.54) is 30.3 Å². The Morgan fingerprint density at radius 3 is 2.68 bits per heavy atom. The predicted molar refractivity (Wildman–Crippen MR) is 114 cm³/mol. The van der Waals surface area contributed by atoms with Crippen LogP contribution in [0.2, 0.25) is 5.02 Å². The summed E-state index contributed by atoms with van der Waals surface area (Å²) in [6.07, 6.45) is 3.01. The first-order valence-electron chi connectivity index (χ1n) is 9.40. The van der Waals surface area contributed by atoms with E-state index in [1.54, 1.807) is 12.1 Å². The molecule has 4 amide bonds. The Kier molecular flexibility index (Phi) is 6.66. The van der Waals surface area contributed by atoms with Gasteiger partial charge < -0.3 is 4.74 Å². The molecule has 1 fully saturated rings. The number of halogens is 1. The number of nitrogens with one attached hydrogen (secondary N) is 1. The van der Waals surface area contributed by atoms with Gasteiger partial charge in [-0.15, -0.1) is 0 Å². The number of hydrogen-bond donors (Lipinski definition) is 1. The summed E-state index contributed by atoms with van der Waals surface area (Å²) in [4.78, 5) is 48.8. The van der Waals surface area contributed by atoms with Crippen LogP contribution in [0.15, 0.2) is 48.0 Å². The third kappa shape index (κ3) is 4.89. The van der Waals surface area contributed by atoms with E-state index in [1.807, 2.05) is 6.92 Å². The molecule has 1 aliphatic heterocycles. The van der Waals surface area contributed by atoms with Crippen molar-refractivity contribution in [2.45, 2.75) is 19.8 Å². The smallest absolute Gasteiger partial charge is 0.335 e. The van der Waals surface area contributed by atoms with Gasteiger partial charge in [0.25, 0.3) is 17.5 Å². The molecule has 0 spiro atoms. The van der Waals surface area contributed by atoms with E-state index in [4.69, 9.17) is 16.3 Å². The minimum atomic E-state index is -1.00. The third-order valence-corrected chi connectivity index (χ3v) is 4.66. The summed E-state index contributed by atoms with van der Waals surface area (Å²) >= 11 is 6.06. The van der Waals surface area contributed by atoms with Gasteiger partial charge >= 0.3 is 6.03 Å². The first-order valence-corrected chi connectivity index (χ1v) is 9.78. The Labute approximate surface area is 182 Å². The molecule has 1 N–H and O–H groups in total. The van der Waals surface area contributed by atoms with Gasteiger partial charge in [0, 0.05) is 22.7 Å². The van der Waals surface area contributed by atoms with E-state index < -0.39 is 22.8 Å². The van der Waals surface area contributed by atoms with Gasteiger partial charge in [0.15, 0.2) is 0 Å². The van der Waals surface area contributed by atoms with Gasteiger partial charge in [0.05, 0.1) is 17.2 Å². The molecule has 0 aromatic heterocycles. The molecular weight excluding hydrogens is 426 g/mol. The molecule has 160 valence electrons. The molecule has 1 heterocycles. The summed E-state index contributed by atoms with van der Waals surface area (Å²) in [6.45, 7) is 2.45. The second-order valence-corrected chi connectivity index (χ2v) is 7.06. The van der Waals surface area contributed by atoms with Crippen LogP contribution in [0.1, 0.15) is 25.3 Å². The average molecular weight is 444 g/mol. The van der Waals surface area contributed by atoms with E-state index in [-0.39, 0.29) is 16.9 Å². The van der Waals surface area contributed by atoms with E-state index in [2.05, 4.69) is 5.32 Å². The molecule has 0 saturated carbocycles. The zero-order valence-electron chi connectivity index (χ0n) is 16.5. The number of imide groups is 2. The molecular formula is C21H18ClN3O6. The number of non-ortho nitro benzene ring substituents is 1. The number of hydrogen-bond acceptors (Lipinski definition) is 6. The van der Waals surface area contributed by atoms with Crippen LogP contribution < -0.4 is 15.0 Å². The molecule has 1 aliphatic rings. The average Bonchev–Trinajstić information content (AvgIpc) is 2.72. The van der Waals surface area contributed by atoms with Gasteiger partial charge in [0.2, 0.25) is 0 Å². The van der Waals surface area contributed by atoms with Crippen LogP contribution in [0.4, 0.5) is 16.2 Å². The standard InChI is InChI=1S/C21H18ClN3O6/c1-2-3-9-31-18-8-7-14(22)10-13(18)11-17-19(26)23-21(28)24(20(17)27)15-5-4-6-16(12-15)25(29)30/h4-8,10-12H,2-3,9H2,1H3,(H,23,26,28)/b17-11-. The second-order valence-electron chi connectivity index (χ2n) is 6.62. The largest absolute Gasteiger partial charge is 0.493 e. The number of rotatable bonds is 7. The van der Waals surface area contributed by atoms with Crippen molar-refractivity contribution in [3.63, 3.8) is 0 Å². The van der Waals surface area contributed by atoms with Crippen LogP contribution in [-0.2, 0) is 9.59 Å². The summed E-state index contributed by atoms with van der Waals surface area (Å²) in [7, 11) is 0. The first kappa shape index (κ1) is 22.0. The van der Waals surface area contributed by atoms with Crippen molar-refractivity contribution >= 4 is 46.9 Å². The maximum Gasteiger partial charge on any atom is 0.335 e. The maximum atomic E-state index is 13.0. The number of nitro benzene ring substituents is 1. The lowest BCUT2D eigenvalue weighted by Crippen LogP contribution is -2.54. The minimum absolute atomic E-state index is 0.0411. The Balaban J connectivity index is 2.01. The molecule has 0 aliphatic carbocycles. The van der Waals surface area contributed by atoms with Crippen LogP contribution in [0, 0.1) is 10.1 Å². The van der Waals surface area contributed by atoms with Crippen molar-refractivity contribution in [2.24, 2.45) is 0 Å². The molecule has 1 saturated heterocycles. The number of carbonyl (C=O) groups excluding carboxylic acids is 3. The molecule has 31 heavy (non-hydrogen) atoms. The number of urea groups is 1. The van der Waals surface area contributed by atoms with Crippen LogP contribution in [0.3, 0.4) is 0 Å². The number of ether oxygens (including phenoxy) is 1. The molecule has 0 radical (unpaired) electrons. The molecule has 2 aromatic carbocycles. The SMILES string of the molecule is CCCCOc1ccc(Cl)cc1/C=C1/C(=O)NC(=O)N(c2cccc([N+](=O)[O-])c2)C1=O. The fourth-order valence-corrected chi connectivity index (χ4v) is 3.06. The number of nitro groups is 1. The highest BCUT2D eigenvalue weighted by Crippen LogP contribution is 2.29. The minimum Gasteiger partial charge on any atom is -0.493 e. The highest BCUT2D eigenvalue weighted by molar-refractivity contribution is 6.39. The molecule has 0 bridgehead atoms. The van der Waals surface area contributed by atoms with Crippen molar-refractivity contribution in [2.75, 3.05) is 11.5 Å². The van der Waals surface area contributed by atoms with Crippen molar-refractivity contribution in [3.05, 3.63) is 68.7 Å². The number of carbonyl (C=O) groups is 3. The fraction of sp³-hybridized carbons (Fsp3) is 0.190. The van der Waals surface area contributed by atoms with Crippen LogP contribution in [0.25, 0.3) is 6.08 Å². The molecule has 2 aromatic rings. The van der Waals surface area contributed by atoms with Gasteiger partial charge in [0.1, 0.15) is 11.3 Å². The van der Waals surface area contributed by atoms with E-state index in [0.717, 1.165) is 18.9 Å². The van der Waals surface area contributed by atoms with E-state index >= 15 is 0 Å². The molecule has 3 rings (SSSR count). The number of barbiturate groups is 1. The van der Waals surface area contributed by atoms with Gasteiger partial charge in [-0.1, -0.05) is 31.0 Å². The normalized spacial score (nSPS) is 15.2. The summed E-state index contributed by atoms with van der Waals surface area (Å²) < 4.78 is 5.72. The number of benzene rings is 2. The zero-order valence-corrected chi connectivity index (χ0v) is 17.2. The lowest BCUT2D eigenvalue weighted by atomic mass is 10.1. The van der Waals surface area contributed by atoms with E-state index in [0.29, 0.717) is 27.8 Å². The second kappa shape index (κ2) is 9.40. The quantitative estimate of drug-likeness (QED) is 0.226. The number of anilines is 1. The fourth-order valence-electron chi connectivity index (χ4n) is 2.88. The number of amides is 4. The van der Waals surface area contributed by atoms with Gasteiger partial charge in [-0.2, -0.15) is 0 Å². The maximum absolute atomic E-state index is 13.0. The van der Waals surface area contributed by atoms with Gasteiger partial charge in [-0.3, -0.25) is 25.0 Å².